The number of esters is 1. The van der Waals surface area contributed by atoms with E-state index >= 15 is 0 Å². The number of ether oxygens (including phenoxy) is 1. The van der Waals surface area contributed by atoms with Gasteiger partial charge in [0.2, 0.25) is 11.8 Å². The van der Waals surface area contributed by atoms with Gasteiger partial charge in [-0.15, -0.1) is 10.2 Å². The van der Waals surface area contributed by atoms with E-state index in [2.05, 4.69) is 17.1 Å². The van der Waals surface area contributed by atoms with Crippen molar-refractivity contribution in [3.63, 3.8) is 0 Å². The number of hydrogen-bond acceptors (Lipinski definition) is 5. The van der Waals surface area contributed by atoms with Crippen molar-refractivity contribution in [1.29, 1.82) is 0 Å². The van der Waals surface area contributed by atoms with E-state index in [-0.39, 0.29) is 18.5 Å². The van der Waals surface area contributed by atoms with Crippen LogP contribution in [0.1, 0.15) is 56.9 Å². The highest BCUT2D eigenvalue weighted by molar-refractivity contribution is 5.69. The molecule has 5 heteroatoms. The summed E-state index contributed by atoms with van der Waals surface area (Å²) in [6.07, 6.45) is 6.40. The Kier molecular flexibility index (Phi) is 5.84. The van der Waals surface area contributed by atoms with Gasteiger partial charge in [-0.2, -0.15) is 0 Å². The van der Waals surface area contributed by atoms with E-state index in [9.17, 15) is 4.79 Å². The highest BCUT2D eigenvalue weighted by Crippen LogP contribution is 2.29. The Bertz CT molecular complexity index is 693. The number of carbonyl (C=O) groups excluding carboxylic acids is 1. The number of nitrogens with zero attached hydrogens (tertiary/aromatic N) is 2. The maximum absolute atomic E-state index is 12.1. The maximum Gasteiger partial charge on any atom is 0.306 e. The molecule has 25 heavy (non-hydrogen) atoms. The largest absolute Gasteiger partial charge is 0.462 e. The van der Waals surface area contributed by atoms with Gasteiger partial charge in [-0.1, -0.05) is 31.0 Å². The van der Waals surface area contributed by atoms with Crippen molar-refractivity contribution in [3.05, 3.63) is 35.7 Å². The van der Waals surface area contributed by atoms with Gasteiger partial charge in [-0.25, -0.2) is 0 Å². The molecule has 0 spiro atoms. The van der Waals surface area contributed by atoms with Crippen LogP contribution in [0.25, 0.3) is 11.5 Å². The molecule has 5 nitrogen and oxygen atoms in total. The van der Waals surface area contributed by atoms with E-state index in [1.54, 1.807) is 0 Å². The average Bonchev–Trinajstić information content (AvgIpc) is 3.10. The molecule has 1 aromatic heterocycles. The Hall–Kier alpha value is -2.17. The second kappa shape index (κ2) is 8.28. The monoisotopic (exact) mass is 342 g/mol. The lowest BCUT2D eigenvalue weighted by molar-refractivity contribution is -0.153. The quantitative estimate of drug-likeness (QED) is 0.724. The van der Waals surface area contributed by atoms with Crippen molar-refractivity contribution in [2.24, 2.45) is 5.92 Å². The fourth-order valence-electron chi connectivity index (χ4n) is 3.40. The van der Waals surface area contributed by atoms with E-state index in [1.165, 1.54) is 12.0 Å². The minimum Gasteiger partial charge on any atom is -0.462 e. The number of carbonyl (C=O) groups is 1. The summed E-state index contributed by atoms with van der Waals surface area (Å²) in [5, 5.41) is 8.11. The fraction of sp³-hybridized carbons (Fsp3) is 0.550. The molecule has 2 unspecified atom stereocenters. The third kappa shape index (κ3) is 4.68. The highest BCUT2D eigenvalue weighted by Gasteiger charge is 2.26. The zero-order valence-corrected chi connectivity index (χ0v) is 15.0. The van der Waals surface area contributed by atoms with Gasteiger partial charge in [-0.3, -0.25) is 4.79 Å². The molecule has 1 saturated carbocycles. The Morgan fingerprint density at radius 3 is 2.72 bits per heavy atom. The van der Waals surface area contributed by atoms with Crippen molar-refractivity contribution in [2.75, 3.05) is 0 Å². The number of aryl methyl sites for hydroxylation is 2. The second-order valence-electron chi connectivity index (χ2n) is 6.85. The molecule has 1 aliphatic carbocycles. The predicted molar refractivity (Wildman–Crippen MR) is 94.9 cm³/mol. The van der Waals surface area contributed by atoms with Crippen molar-refractivity contribution in [2.45, 2.75) is 64.9 Å². The molecule has 0 radical (unpaired) electrons. The van der Waals surface area contributed by atoms with Crippen LogP contribution in [0.4, 0.5) is 0 Å². The SMILES string of the molecule is CCC1CCCCC1OC(=O)CCc1nnc(-c2ccc(C)cc2)o1. The summed E-state index contributed by atoms with van der Waals surface area (Å²) in [5.41, 5.74) is 2.07. The Labute approximate surface area is 148 Å². The van der Waals surface area contributed by atoms with E-state index in [1.807, 2.05) is 31.2 Å². The van der Waals surface area contributed by atoms with E-state index in [0.29, 0.717) is 24.1 Å². The Morgan fingerprint density at radius 1 is 1.20 bits per heavy atom. The first-order valence-electron chi connectivity index (χ1n) is 9.24. The zero-order valence-electron chi connectivity index (χ0n) is 15.0. The first-order valence-corrected chi connectivity index (χ1v) is 9.24. The van der Waals surface area contributed by atoms with Gasteiger partial charge in [0.1, 0.15) is 6.10 Å². The van der Waals surface area contributed by atoms with Crippen LogP contribution >= 0.6 is 0 Å². The molecule has 0 bridgehead atoms. The molecule has 0 amide bonds. The lowest BCUT2D eigenvalue weighted by Crippen LogP contribution is -2.29. The van der Waals surface area contributed by atoms with Crippen molar-refractivity contribution in [1.82, 2.24) is 10.2 Å². The summed E-state index contributed by atoms with van der Waals surface area (Å²) in [6, 6.07) is 7.92. The van der Waals surface area contributed by atoms with E-state index in [4.69, 9.17) is 9.15 Å². The molecule has 0 aliphatic heterocycles. The molecule has 0 N–H and O–H groups in total. The van der Waals surface area contributed by atoms with E-state index in [0.717, 1.165) is 31.2 Å². The number of aromatic nitrogens is 2. The van der Waals surface area contributed by atoms with Gasteiger partial charge in [0.05, 0.1) is 6.42 Å². The van der Waals surface area contributed by atoms with E-state index < -0.39 is 0 Å². The predicted octanol–water partition coefficient (Wildman–Crippen LogP) is 4.49. The van der Waals surface area contributed by atoms with Gasteiger partial charge in [0.25, 0.3) is 0 Å². The first-order chi connectivity index (χ1) is 12.2. The molecule has 0 saturated heterocycles. The van der Waals surface area contributed by atoms with Crippen LogP contribution in [-0.4, -0.2) is 22.3 Å². The second-order valence-corrected chi connectivity index (χ2v) is 6.85. The standard InChI is InChI=1S/C20H26N2O3/c1-3-15-6-4-5-7-17(15)24-19(23)13-12-18-21-22-20(25-18)16-10-8-14(2)9-11-16/h8-11,15,17H,3-7,12-13H2,1-2H3. The number of rotatable bonds is 6. The molecular formula is C20H26N2O3. The lowest BCUT2D eigenvalue weighted by atomic mass is 9.85. The highest BCUT2D eigenvalue weighted by atomic mass is 16.5. The summed E-state index contributed by atoms with van der Waals surface area (Å²) in [7, 11) is 0. The first kappa shape index (κ1) is 17.6. The summed E-state index contributed by atoms with van der Waals surface area (Å²) in [5.74, 6) is 1.31. The van der Waals surface area contributed by atoms with Crippen LogP contribution < -0.4 is 0 Å². The maximum atomic E-state index is 12.1. The molecule has 2 atom stereocenters. The van der Waals surface area contributed by atoms with Crippen LogP contribution in [0.3, 0.4) is 0 Å². The van der Waals surface area contributed by atoms with Gasteiger partial charge in [0.15, 0.2) is 0 Å². The van der Waals surface area contributed by atoms with Crippen LogP contribution in [-0.2, 0) is 16.0 Å². The molecule has 1 aliphatic rings. The van der Waals surface area contributed by atoms with Crippen LogP contribution in [0, 0.1) is 12.8 Å². The van der Waals surface area contributed by atoms with Gasteiger partial charge in [0, 0.05) is 12.0 Å². The topological polar surface area (TPSA) is 65.2 Å². The molecular weight excluding hydrogens is 316 g/mol. The van der Waals surface area contributed by atoms with Crippen LogP contribution in [0.15, 0.2) is 28.7 Å². The molecule has 2 aromatic rings. The average molecular weight is 342 g/mol. The smallest absolute Gasteiger partial charge is 0.306 e. The minimum atomic E-state index is -0.166. The van der Waals surface area contributed by atoms with Crippen LogP contribution in [0.5, 0.6) is 0 Å². The molecule has 1 fully saturated rings. The summed E-state index contributed by atoms with van der Waals surface area (Å²) < 4.78 is 11.4. The molecule has 134 valence electrons. The summed E-state index contributed by atoms with van der Waals surface area (Å²) in [6.45, 7) is 4.20. The fourth-order valence-corrected chi connectivity index (χ4v) is 3.40. The van der Waals surface area contributed by atoms with Gasteiger partial charge in [-0.05, 0) is 50.7 Å². The molecule has 1 heterocycles. The zero-order chi connectivity index (χ0) is 17.6. The van der Waals surface area contributed by atoms with Crippen molar-refractivity contribution >= 4 is 5.97 Å². The lowest BCUT2D eigenvalue weighted by Gasteiger charge is -2.30. The number of benzene rings is 1. The Balaban J connectivity index is 1.51. The normalized spacial score (nSPS) is 20.4. The van der Waals surface area contributed by atoms with Gasteiger partial charge < -0.3 is 9.15 Å². The van der Waals surface area contributed by atoms with Gasteiger partial charge >= 0.3 is 5.97 Å². The Morgan fingerprint density at radius 2 is 1.96 bits per heavy atom. The van der Waals surface area contributed by atoms with Crippen LogP contribution in [0.2, 0.25) is 0 Å². The molecule has 1 aromatic carbocycles. The summed E-state index contributed by atoms with van der Waals surface area (Å²) >= 11 is 0. The third-order valence-electron chi connectivity index (χ3n) is 4.95. The molecule has 3 rings (SSSR count). The van der Waals surface area contributed by atoms with Crippen molar-refractivity contribution in [3.8, 4) is 11.5 Å². The summed E-state index contributed by atoms with van der Waals surface area (Å²) in [4.78, 5) is 12.1. The minimum absolute atomic E-state index is 0.0806. The van der Waals surface area contributed by atoms with Crippen molar-refractivity contribution < 1.29 is 13.9 Å². The number of hydrogen-bond donors (Lipinski definition) is 0. The third-order valence-corrected chi connectivity index (χ3v) is 4.95.